The van der Waals surface area contributed by atoms with Crippen LogP contribution in [0.15, 0.2) is 34.9 Å². The summed E-state index contributed by atoms with van der Waals surface area (Å²) in [6.45, 7) is 2.02. The van der Waals surface area contributed by atoms with E-state index >= 15 is 0 Å². The summed E-state index contributed by atoms with van der Waals surface area (Å²) in [5, 5.41) is 9.81. The van der Waals surface area contributed by atoms with Gasteiger partial charge in [-0.05, 0) is 31.2 Å². The molecule has 2 aromatic rings. The predicted octanol–water partition coefficient (Wildman–Crippen LogP) is 2.73. The molecule has 2 heterocycles. The summed E-state index contributed by atoms with van der Waals surface area (Å²) in [6, 6.07) is 7.47. The van der Waals surface area contributed by atoms with Gasteiger partial charge in [-0.1, -0.05) is 0 Å². The molecular formula is C10H10O2S. The van der Waals surface area contributed by atoms with Crippen LogP contribution < -0.4 is 0 Å². The fraction of sp³-hybridized carbons (Fsp3) is 0.200. The van der Waals surface area contributed by atoms with Crippen LogP contribution in [0.5, 0.6) is 0 Å². The molecule has 0 unspecified atom stereocenters. The first-order valence-electron chi connectivity index (χ1n) is 4.05. The van der Waals surface area contributed by atoms with Gasteiger partial charge in [-0.3, -0.25) is 0 Å². The smallest absolute Gasteiger partial charge is 0.146 e. The molecule has 2 aromatic heterocycles. The number of furan rings is 1. The highest BCUT2D eigenvalue weighted by atomic mass is 32.1. The van der Waals surface area contributed by atoms with Crippen LogP contribution in [-0.2, 0) is 0 Å². The lowest BCUT2D eigenvalue weighted by molar-refractivity contribution is 0.193. The molecular weight excluding hydrogens is 184 g/mol. The van der Waals surface area contributed by atoms with Crippen LogP contribution in [0.3, 0.4) is 0 Å². The van der Waals surface area contributed by atoms with Gasteiger partial charge in [0, 0.05) is 9.75 Å². The van der Waals surface area contributed by atoms with Crippen molar-refractivity contribution in [3.63, 3.8) is 0 Å². The second kappa shape index (κ2) is 3.36. The van der Waals surface area contributed by atoms with Crippen LogP contribution in [-0.4, -0.2) is 5.11 Å². The third-order valence-corrected chi connectivity index (χ3v) is 2.90. The Bertz CT molecular complexity index is 375. The number of aliphatic hydroxyl groups excluding tert-OH is 1. The van der Waals surface area contributed by atoms with E-state index in [0.717, 1.165) is 4.88 Å². The molecule has 0 spiro atoms. The molecule has 2 nitrogen and oxygen atoms in total. The highest BCUT2D eigenvalue weighted by Gasteiger charge is 2.14. The second-order valence-corrected chi connectivity index (χ2v) is 4.19. The molecule has 0 saturated carbocycles. The fourth-order valence-corrected chi connectivity index (χ4v) is 2.06. The lowest BCUT2D eigenvalue weighted by Gasteiger charge is -2.03. The molecule has 3 heteroatoms. The number of aryl methyl sites for hydroxylation is 1. The van der Waals surface area contributed by atoms with Gasteiger partial charge in [-0.2, -0.15) is 0 Å². The van der Waals surface area contributed by atoms with E-state index in [2.05, 4.69) is 0 Å². The van der Waals surface area contributed by atoms with E-state index < -0.39 is 6.10 Å². The van der Waals surface area contributed by atoms with Crippen LogP contribution in [0.2, 0.25) is 0 Å². The second-order valence-electron chi connectivity index (χ2n) is 2.87. The van der Waals surface area contributed by atoms with E-state index in [0.29, 0.717) is 5.76 Å². The summed E-state index contributed by atoms with van der Waals surface area (Å²) in [7, 11) is 0. The summed E-state index contributed by atoms with van der Waals surface area (Å²) < 4.78 is 5.12. The first-order chi connectivity index (χ1) is 6.27. The fourth-order valence-electron chi connectivity index (χ4n) is 1.19. The molecule has 2 rings (SSSR count). The Balaban J connectivity index is 2.28. The van der Waals surface area contributed by atoms with Crippen molar-refractivity contribution in [2.75, 3.05) is 0 Å². The minimum absolute atomic E-state index is 0.599. The van der Waals surface area contributed by atoms with Crippen molar-refractivity contribution in [3.05, 3.63) is 46.0 Å². The number of thiophene rings is 1. The van der Waals surface area contributed by atoms with E-state index in [9.17, 15) is 5.11 Å². The summed E-state index contributed by atoms with van der Waals surface area (Å²) >= 11 is 1.58. The average molecular weight is 194 g/mol. The molecule has 0 aliphatic carbocycles. The summed E-state index contributed by atoms with van der Waals surface area (Å²) in [5.41, 5.74) is 0. The third-order valence-electron chi connectivity index (χ3n) is 1.84. The van der Waals surface area contributed by atoms with Gasteiger partial charge in [0.25, 0.3) is 0 Å². The Hall–Kier alpha value is -1.06. The Labute approximate surface area is 80.4 Å². The van der Waals surface area contributed by atoms with Crippen molar-refractivity contribution in [1.29, 1.82) is 0 Å². The maximum atomic E-state index is 9.81. The number of aliphatic hydroxyl groups is 1. The van der Waals surface area contributed by atoms with Crippen molar-refractivity contribution >= 4 is 11.3 Å². The number of hydrogen-bond acceptors (Lipinski definition) is 3. The molecule has 0 aliphatic rings. The van der Waals surface area contributed by atoms with E-state index in [-0.39, 0.29) is 0 Å². The maximum absolute atomic E-state index is 9.81. The molecule has 1 N–H and O–H groups in total. The Morgan fingerprint density at radius 2 is 2.23 bits per heavy atom. The van der Waals surface area contributed by atoms with E-state index in [1.165, 1.54) is 4.88 Å². The highest BCUT2D eigenvalue weighted by Crippen LogP contribution is 2.27. The van der Waals surface area contributed by atoms with Crippen molar-refractivity contribution in [1.82, 2.24) is 0 Å². The summed E-state index contributed by atoms with van der Waals surface area (Å²) in [4.78, 5) is 2.12. The van der Waals surface area contributed by atoms with Gasteiger partial charge in [0.05, 0.1) is 6.26 Å². The van der Waals surface area contributed by atoms with Gasteiger partial charge in [0.15, 0.2) is 0 Å². The minimum Gasteiger partial charge on any atom is -0.466 e. The van der Waals surface area contributed by atoms with Gasteiger partial charge in [-0.25, -0.2) is 0 Å². The van der Waals surface area contributed by atoms with Crippen LogP contribution in [0, 0.1) is 6.92 Å². The highest BCUT2D eigenvalue weighted by molar-refractivity contribution is 7.12. The Morgan fingerprint density at radius 3 is 2.77 bits per heavy atom. The van der Waals surface area contributed by atoms with E-state index in [1.807, 2.05) is 19.1 Å². The largest absolute Gasteiger partial charge is 0.466 e. The molecule has 0 aliphatic heterocycles. The summed E-state index contributed by atoms with van der Waals surface area (Å²) in [5.74, 6) is 0.599. The first kappa shape index (κ1) is 8.53. The van der Waals surface area contributed by atoms with Crippen LogP contribution >= 0.6 is 11.3 Å². The number of hydrogen-bond donors (Lipinski definition) is 1. The van der Waals surface area contributed by atoms with Gasteiger partial charge in [-0.15, -0.1) is 11.3 Å². The van der Waals surface area contributed by atoms with Crippen LogP contribution in [0.4, 0.5) is 0 Å². The van der Waals surface area contributed by atoms with Crippen molar-refractivity contribution in [2.24, 2.45) is 0 Å². The van der Waals surface area contributed by atoms with Gasteiger partial charge >= 0.3 is 0 Å². The average Bonchev–Trinajstić information content (AvgIpc) is 2.72. The molecule has 13 heavy (non-hydrogen) atoms. The number of rotatable bonds is 2. The van der Waals surface area contributed by atoms with Gasteiger partial charge in [0.1, 0.15) is 11.9 Å². The summed E-state index contributed by atoms with van der Waals surface area (Å²) in [6.07, 6.45) is 0.952. The van der Waals surface area contributed by atoms with Crippen LogP contribution in [0.1, 0.15) is 21.6 Å². The Morgan fingerprint density at radius 1 is 1.38 bits per heavy atom. The zero-order valence-electron chi connectivity index (χ0n) is 7.23. The molecule has 0 amide bonds. The SMILES string of the molecule is Cc1ccc([C@H](O)c2ccco2)s1. The molecule has 1 atom stereocenters. The van der Waals surface area contributed by atoms with Crippen molar-refractivity contribution < 1.29 is 9.52 Å². The van der Waals surface area contributed by atoms with Gasteiger partial charge < -0.3 is 9.52 Å². The quantitative estimate of drug-likeness (QED) is 0.797. The first-order valence-corrected chi connectivity index (χ1v) is 4.87. The van der Waals surface area contributed by atoms with Crippen molar-refractivity contribution in [3.8, 4) is 0 Å². The van der Waals surface area contributed by atoms with E-state index in [4.69, 9.17) is 4.42 Å². The zero-order valence-corrected chi connectivity index (χ0v) is 8.04. The Kier molecular flexibility index (Phi) is 2.20. The lowest BCUT2D eigenvalue weighted by Crippen LogP contribution is -1.93. The molecule has 0 saturated heterocycles. The lowest BCUT2D eigenvalue weighted by atomic mass is 10.2. The third kappa shape index (κ3) is 1.66. The monoisotopic (exact) mass is 194 g/mol. The minimum atomic E-state index is -0.617. The normalized spacial score (nSPS) is 13.1. The van der Waals surface area contributed by atoms with E-state index in [1.54, 1.807) is 29.7 Å². The standard InChI is InChI=1S/C10H10O2S/c1-7-4-5-9(13-7)10(11)8-3-2-6-12-8/h2-6,10-11H,1H3/t10-/m1/s1. The maximum Gasteiger partial charge on any atom is 0.146 e. The molecule has 0 bridgehead atoms. The predicted molar refractivity (Wildman–Crippen MR) is 51.8 cm³/mol. The zero-order chi connectivity index (χ0) is 9.26. The molecule has 0 fully saturated rings. The van der Waals surface area contributed by atoms with Gasteiger partial charge in [0.2, 0.25) is 0 Å². The van der Waals surface area contributed by atoms with Crippen LogP contribution in [0.25, 0.3) is 0 Å². The molecule has 68 valence electrons. The topological polar surface area (TPSA) is 33.4 Å². The van der Waals surface area contributed by atoms with Crippen molar-refractivity contribution in [2.45, 2.75) is 13.0 Å². The molecule has 0 aromatic carbocycles. The molecule has 0 radical (unpaired) electrons.